The molecule has 0 aromatic heterocycles. The normalized spacial score (nSPS) is 11.0. The Morgan fingerprint density at radius 2 is 2.00 bits per heavy atom. The Labute approximate surface area is 175 Å². The van der Waals surface area contributed by atoms with E-state index in [1.807, 2.05) is 0 Å². The topological polar surface area (TPSA) is 153 Å². The van der Waals surface area contributed by atoms with Gasteiger partial charge in [-0.2, -0.15) is 8.42 Å². The Morgan fingerprint density at radius 3 is 2.55 bits per heavy atom. The quantitative estimate of drug-likeness (QED) is 0.287. The van der Waals surface area contributed by atoms with Gasteiger partial charge in [-0.15, -0.1) is 0 Å². The third-order valence-corrected chi connectivity index (χ3v) is 5.55. The number of nitro benzene ring substituents is 1. The fraction of sp³-hybridized carbons (Fsp3) is 0.125. The highest BCUT2D eigenvalue weighted by atomic mass is 35.5. The molecule has 0 radical (unpaired) electrons. The molecule has 0 saturated carbocycles. The largest absolute Gasteiger partial charge is 0.465 e. The van der Waals surface area contributed by atoms with E-state index < -0.39 is 38.5 Å². The fourth-order valence-electron chi connectivity index (χ4n) is 2.32. The van der Waals surface area contributed by atoms with Crippen LogP contribution in [0.3, 0.4) is 0 Å². The molecule has 0 bridgehead atoms. The summed E-state index contributed by atoms with van der Waals surface area (Å²) in [7, 11) is -4.32. The van der Waals surface area contributed by atoms with Crippen LogP contribution in [-0.2, 0) is 16.7 Å². The summed E-state index contributed by atoms with van der Waals surface area (Å²) in [6.07, 6.45) is -1.49. The van der Waals surface area contributed by atoms with E-state index in [1.54, 1.807) is 0 Å². The van der Waals surface area contributed by atoms with E-state index in [-0.39, 0.29) is 21.2 Å². The summed E-state index contributed by atoms with van der Waals surface area (Å²) in [5.74, 6) is -0.336. The molecule has 0 heterocycles. The number of rotatable bonds is 6. The fourth-order valence-corrected chi connectivity index (χ4v) is 3.88. The first-order chi connectivity index (χ1) is 13.4. The first kappa shape index (κ1) is 22.3. The van der Waals surface area contributed by atoms with Crippen molar-refractivity contribution in [2.75, 3.05) is 0 Å². The van der Waals surface area contributed by atoms with E-state index in [0.717, 1.165) is 18.2 Å². The lowest BCUT2D eigenvalue weighted by Crippen LogP contribution is -2.39. The van der Waals surface area contributed by atoms with Crippen LogP contribution >= 0.6 is 23.8 Å². The molecule has 0 aliphatic carbocycles. The van der Waals surface area contributed by atoms with E-state index in [9.17, 15) is 23.3 Å². The van der Waals surface area contributed by atoms with E-state index in [2.05, 4.69) is 12.2 Å². The number of hydrogen-bond acceptors (Lipinski definition) is 7. The summed E-state index contributed by atoms with van der Waals surface area (Å²) in [5.41, 5.74) is 5.05. The zero-order valence-corrected chi connectivity index (χ0v) is 17.1. The molecule has 0 unspecified atom stereocenters. The van der Waals surface area contributed by atoms with Crippen molar-refractivity contribution in [2.45, 2.75) is 18.4 Å². The molecule has 10 nitrogen and oxygen atoms in total. The van der Waals surface area contributed by atoms with Crippen molar-refractivity contribution < 1.29 is 27.4 Å². The number of thiocarbonyl (C=S) groups is 1. The molecule has 3 N–H and O–H groups in total. The summed E-state index contributed by atoms with van der Waals surface area (Å²) < 4.78 is 30.1. The van der Waals surface area contributed by atoms with E-state index in [0.29, 0.717) is 10.5 Å². The van der Waals surface area contributed by atoms with Gasteiger partial charge in [0.25, 0.3) is 5.69 Å². The number of aryl methyl sites for hydroxylation is 1. The van der Waals surface area contributed by atoms with Crippen molar-refractivity contribution in [3.8, 4) is 5.75 Å². The standard InChI is InChI=1S/C16H14ClN3O7S2/c1-9-2-4-11(17)6-14(9)29(25,26)27-12-5-3-10(13(7-12)20(23)24)8-19(15(18)28)16(21)22/h2-7H,8H2,1H3,(H2,18,28)(H,21,22). The average molecular weight is 460 g/mol. The predicted molar refractivity (Wildman–Crippen MR) is 107 cm³/mol. The SMILES string of the molecule is Cc1ccc(Cl)cc1S(=O)(=O)Oc1ccc(CN(C(=O)O)C(N)=S)c([N+](=O)[O-])c1. The minimum absolute atomic E-state index is 0.0612. The van der Waals surface area contributed by atoms with Gasteiger partial charge < -0.3 is 15.0 Å². The summed E-state index contributed by atoms with van der Waals surface area (Å²) in [6.45, 7) is 1.04. The summed E-state index contributed by atoms with van der Waals surface area (Å²) in [6, 6.07) is 7.36. The Morgan fingerprint density at radius 1 is 1.34 bits per heavy atom. The van der Waals surface area contributed by atoms with Gasteiger partial charge in [-0.05, 0) is 49.0 Å². The lowest BCUT2D eigenvalue weighted by atomic mass is 10.1. The molecule has 0 atom stereocenters. The maximum atomic E-state index is 12.5. The van der Waals surface area contributed by atoms with Gasteiger partial charge in [0.05, 0.1) is 23.1 Å². The number of nitrogens with two attached hydrogens (primary N) is 1. The van der Waals surface area contributed by atoms with Gasteiger partial charge >= 0.3 is 16.2 Å². The summed E-state index contributed by atoms with van der Waals surface area (Å²) >= 11 is 10.4. The van der Waals surface area contributed by atoms with Crippen LogP contribution in [0.15, 0.2) is 41.3 Å². The number of amides is 1. The maximum Gasteiger partial charge on any atom is 0.413 e. The number of carbonyl (C=O) groups is 1. The van der Waals surface area contributed by atoms with Crippen LogP contribution < -0.4 is 9.92 Å². The van der Waals surface area contributed by atoms with Crippen molar-refractivity contribution in [2.24, 2.45) is 5.73 Å². The molecule has 29 heavy (non-hydrogen) atoms. The van der Waals surface area contributed by atoms with Crippen molar-refractivity contribution in [1.82, 2.24) is 4.90 Å². The molecule has 0 aliphatic rings. The Bertz CT molecular complexity index is 1090. The molecule has 0 fully saturated rings. The summed E-state index contributed by atoms with van der Waals surface area (Å²) in [4.78, 5) is 22.1. The van der Waals surface area contributed by atoms with Crippen LogP contribution in [-0.4, -0.2) is 34.6 Å². The third-order valence-electron chi connectivity index (χ3n) is 3.70. The molecular formula is C16H14ClN3O7S2. The highest BCUT2D eigenvalue weighted by Crippen LogP contribution is 2.29. The van der Waals surface area contributed by atoms with E-state index in [1.165, 1.54) is 25.1 Å². The molecule has 2 rings (SSSR count). The van der Waals surface area contributed by atoms with Crippen LogP contribution in [0, 0.1) is 17.0 Å². The number of nitro groups is 1. The summed E-state index contributed by atoms with van der Waals surface area (Å²) in [5, 5.41) is 20.2. The van der Waals surface area contributed by atoms with Crippen LogP contribution in [0.25, 0.3) is 0 Å². The molecule has 0 aliphatic heterocycles. The molecule has 154 valence electrons. The number of nitrogens with zero attached hydrogens (tertiary/aromatic N) is 2. The van der Waals surface area contributed by atoms with Crippen LogP contribution in [0.2, 0.25) is 5.02 Å². The zero-order valence-electron chi connectivity index (χ0n) is 14.7. The Hall–Kier alpha value is -2.96. The number of benzene rings is 2. The van der Waals surface area contributed by atoms with E-state index >= 15 is 0 Å². The minimum Gasteiger partial charge on any atom is -0.465 e. The van der Waals surface area contributed by atoms with Crippen molar-refractivity contribution in [3.63, 3.8) is 0 Å². The minimum atomic E-state index is -4.32. The van der Waals surface area contributed by atoms with E-state index in [4.69, 9.17) is 26.6 Å². The maximum absolute atomic E-state index is 12.5. The lowest BCUT2D eigenvalue weighted by Gasteiger charge is -2.17. The smallest absolute Gasteiger partial charge is 0.413 e. The van der Waals surface area contributed by atoms with Gasteiger partial charge in [0.1, 0.15) is 10.6 Å². The molecule has 2 aromatic rings. The van der Waals surface area contributed by atoms with Gasteiger partial charge in [-0.1, -0.05) is 17.7 Å². The highest BCUT2D eigenvalue weighted by Gasteiger charge is 2.25. The third kappa shape index (κ3) is 5.31. The molecule has 2 aromatic carbocycles. The van der Waals surface area contributed by atoms with Gasteiger partial charge in [0.15, 0.2) is 5.11 Å². The predicted octanol–water partition coefficient (Wildman–Crippen LogP) is 3.05. The second kappa shape index (κ2) is 8.59. The van der Waals surface area contributed by atoms with Crippen LogP contribution in [0.1, 0.15) is 11.1 Å². The average Bonchev–Trinajstić information content (AvgIpc) is 2.61. The molecular weight excluding hydrogens is 446 g/mol. The molecule has 0 spiro atoms. The van der Waals surface area contributed by atoms with Crippen molar-refractivity contribution in [1.29, 1.82) is 0 Å². The second-order valence-corrected chi connectivity index (χ2v) is 8.07. The second-order valence-electron chi connectivity index (χ2n) is 5.70. The Balaban J connectivity index is 2.42. The monoisotopic (exact) mass is 459 g/mol. The molecule has 1 amide bonds. The number of hydrogen-bond donors (Lipinski definition) is 2. The van der Waals surface area contributed by atoms with Crippen LogP contribution in [0.4, 0.5) is 10.5 Å². The van der Waals surface area contributed by atoms with Gasteiger partial charge in [0.2, 0.25) is 0 Å². The van der Waals surface area contributed by atoms with Gasteiger partial charge in [-0.3, -0.25) is 10.1 Å². The zero-order chi connectivity index (χ0) is 21.9. The van der Waals surface area contributed by atoms with Crippen molar-refractivity contribution in [3.05, 3.63) is 62.7 Å². The molecule has 0 saturated heterocycles. The highest BCUT2D eigenvalue weighted by molar-refractivity contribution is 7.87. The van der Waals surface area contributed by atoms with Gasteiger partial charge in [-0.25, -0.2) is 9.69 Å². The Kier molecular flexibility index (Phi) is 6.62. The number of carboxylic acid groups (broad SMARTS) is 1. The van der Waals surface area contributed by atoms with Crippen molar-refractivity contribution >= 4 is 50.8 Å². The molecule has 13 heteroatoms. The lowest BCUT2D eigenvalue weighted by molar-refractivity contribution is -0.385. The van der Waals surface area contributed by atoms with Crippen LogP contribution in [0.5, 0.6) is 5.75 Å². The first-order valence-corrected chi connectivity index (χ1v) is 9.89. The van der Waals surface area contributed by atoms with Gasteiger partial charge in [0, 0.05) is 5.02 Å². The first-order valence-electron chi connectivity index (χ1n) is 7.70. The number of halogens is 1.